The number of hydrogen-bond acceptors (Lipinski definition) is 3. The summed E-state index contributed by atoms with van der Waals surface area (Å²) in [6.45, 7) is 9.33. The molecule has 1 aliphatic heterocycles. The number of imidazole rings is 1. The molecule has 0 spiro atoms. The third-order valence-electron chi connectivity index (χ3n) is 3.39. The average Bonchev–Trinajstić information content (AvgIpc) is 2.87. The summed E-state index contributed by atoms with van der Waals surface area (Å²) in [6.07, 6.45) is 7.83. The molecule has 1 saturated heterocycles. The standard InChI is InChI=1S/C14H25N3O/c1-4-7-15-8-12-9-17(11-16-12)10-13-5-6-14(2,3)18-13/h9,11,13,15H,4-8,10H2,1-3H3. The van der Waals surface area contributed by atoms with Crippen LogP contribution in [0.5, 0.6) is 0 Å². The van der Waals surface area contributed by atoms with E-state index in [2.05, 4.69) is 41.8 Å². The molecule has 18 heavy (non-hydrogen) atoms. The number of rotatable bonds is 6. The lowest BCUT2D eigenvalue weighted by atomic mass is 10.1. The molecule has 1 aromatic rings. The van der Waals surface area contributed by atoms with Crippen LogP contribution in [0.2, 0.25) is 0 Å². The van der Waals surface area contributed by atoms with Gasteiger partial charge in [-0.25, -0.2) is 4.98 Å². The normalized spacial score (nSPS) is 22.5. The zero-order valence-corrected chi connectivity index (χ0v) is 11.8. The minimum absolute atomic E-state index is 0.0523. The molecule has 0 aromatic carbocycles. The van der Waals surface area contributed by atoms with Gasteiger partial charge in [-0.3, -0.25) is 0 Å². The summed E-state index contributed by atoms with van der Waals surface area (Å²) in [4.78, 5) is 4.41. The van der Waals surface area contributed by atoms with Crippen molar-refractivity contribution in [2.24, 2.45) is 0 Å². The van der Waals surface area contributed by atoms with Gasteiger partial charge in [-0.2, -0.15) is 0 Å². The van der Waals surface area contributed by atoms with Crippen LogP contribution in [0.3, 0.4) is 0 Å². The summed E-state index contributed by atoms with van der Waals surface area (Å²) < 4.78 is 8.14. The van der Waals surface area contributed by atoms with Crippen LogP contribution in [0.15, 0.2) is 12.5 Å². The van der Waals surface area contributed by atoms with Crippen LogP contribution in [-0.2, 0) is 17.8 Å². The predicted octanol–water partition coefficient (Wildman–Crippen LogP) is 2.34. The Morgan fingerprint density at radius 1 is 1.56 bits per heavy atom. The van der Waals surface area contributed by atoms with Gasteiger partial charge in [0.05, 0.1) is 23.7 Å². The molecule has 1 aromatic heterocycles. The molecule has 102 valence electrons. The lowest BCUT2D eigenvalue weighted by Crippen LogP contribution is -2.22. The molecule has 1 unspecified atom stereocenters. The van der Waals surface area contributed by atoms with Crippen molar-refractivity contribution in [1.82, 2.24) is 14.9 Å². The fourth-order valence-corrected chi connectivity index (χ4v) is 2.43. The van der Waals surface area contributed by atoms with Gasteiger partial charge in [0, 0.05) is 19.3 Å². The summed E-state index contributed by atoms with van der Waals surface area (Å²) in [6, 6.07) is 0. The molecule has 1 N–H and O–H groups in total. The second-order valence-electron chi connectivity index (χ2n) is 5.78. The summed E-state index contributed by atoms with van der Waals surface area (Å²) in [5.74, 6) is 0. The second-order valence-corrected chi connectivity index (χ2v) is 5.78. The van der Waals surface area contributed by atoms with Crippen LogP contribution >= 0.6 is 0 Å². The summed E-state index contributed by atoms with van der Waals surface area (Å²) in [7, 11) is 0. The van der Waals surface area contributed by atoms with E-state index in [1.807, 2.05) is 6.33 Å². The predicted molar refractivity (Wildman–Crippen MR) is 72.4 cm³/mol. The molecular formula is C14H25N3O. The van der Waals surface area contributed by atoms with E-state index in [0.717, 1.165) is 44.6 Å². The van der Waals surface area contributed by atoms with Gasteiger partial charge >= 0.3 is 0 Å². The van der Waals surface area contributed by atoms with E-state index in [-0.39, 0.29) is 5.60 Å². The molecule has 0 bridgehead atoms. The first-order valence-corrected chi connectivity index (χ1v) is 6.98. The molecule has 2 heterocycles. The van der Waals surface area contributed by atoms with Crippen molar-refractivity contribution in [3.8, 4) is 0 Å². The second kappa shape index (κ2) is 5.85. The highest BCUT2D eigenvalue weighted by atomic mass is 16.5. The average molecular weight is 251 g/mol. The van der Waals surface area contributed by atoms with E-state index >= 15 is 0 Å². The fraction of sp³-hybridized carbons (Fsp3) is 0.786. The first kappa shape index (κ1) is 13.6. The van der Waals surface area contributed by atoms with Gasteiger partial charge in [0.15, 0.2) is 0 Å². The topological polar surface area (TPSA) is 39.1 Å². The molecular weight excluding hydrogens is 226 g/mol. The van der Waals surface area contributed by atoms with Crippen molar-refractivity contribution >= 4 is 0 Å². The monoisotopic (exact) mass is 251 g/mol. The van der Waals surface area contributed by atoms with Gasteiger partial charge in [0.2, 0.25) is 0 Å². The third kappa shape index (κ3) is 3.82. The van der Waals surface area contributed by atoms with Gasteiger partial charge in [-0.1, -0.05) is 6.92 Å². The highest BCUT2D eigenvalue weighted by Gasteiger charge is 2.31. The zero-order chi connectivity index (χ0) is 13.0. The molecule has 0 radical (unpaired) electrons. The van der Waals surface area contributed by atoms with Crippen LogP contribution < -0.4 is 5.32 Å². The Balaban J connectivity index is 1.80. The Morgan fingerprint density at radius 2 is 2.39 bits per heavy atom. The van der Waals surface area contributed by atoms with Crippen LogP contribution in [0.25, 0.3) is 0 Å². The van der Waals surface area contributed by atoms with Crippen molar-refractivity contribution in [2.75, 3.05) is 6.54 Å². The maximum Gasteiger partial charge on any atom is 0.0950 e. The summed E-state index contributed by atoms with van der Waals surface area (Å²) in [5.41, 5.74) is 1.16. The smallest absolute Gasteiger partial charge is 0.0950 e. The van der Waals surface area contributed by atoms with E-state index < -0.39 is 0 Å². The first-order chi connectivity index (χ1) is 8.59. The first-order valence-electron chi connectivity index (χ1n) is 6.98. The van der Waals surface area contributed by atoms with E-state index in [0.29, 0.717) is 6.10 Å². The highest BCUT2D eigenvalue weighted by molar-refractivity contribution is 4.97. The third-order valence-corrected chi connectivity index (χ3v) is 3.39. The number of aromatic nitrogens is 2. The summed E-state index contributed by atoms with van der Waals surface area (Å²) in [5, 5.41) is 3.36. The van der Waals surface area contributed by atoms with Gasteiger partial charge < -0.3 is 14.6 Å². The number of nitrogens with one attached hydrogen (secondary N) is 1. The molecule has 1 aliphatic rings. The molecule has 2 rings (SSSR count). The van der Waals surface area contributed by atoms with Crippen molar-refractivity contribution in [2.45, 2.75) is 64.8 Å². The molecule has 1 atom stereocenters. The molecule has 1 fully saturated rings. The van der Waals surface area contributed by atoms with Gasteiger partial charge in [0.1, 0.15) is 0 Å². The Bertz CT molecular complexity index is 373. The lowest BCUT2D eigenvalue weighted by Gasteiger charge is -2.19. The Kier molecular flexibility index (Phi) is 4.40. The van der Waals surface area contributed by atoms with Gasteiger partial charge in [0.25, 0.3) is 0 Å². The molecule has 0 saturated carbocycles. The van der Waals surface area contributed by atoms with E-state index in [1.165, 1.54) is 0 Å². The van der Waals surface area contributed by atoms with Crippen molar-refractivity contribution in [3.05, 3.63) is 18.2 Å². The largest absolute Gasteiger partial charge is 0.370 e. The maximum atomic E-state index is 6.00. The number of nitrogens with zero attached hydrogens (tertiary/aromatic N) is 2. The quantitative estimate of drug-likeness (QED) is 0.789. The molecule has 4 heteroatoms. The lowest BCUT2D eigenvalue weighted by molar-refractivity contribution is -0.0217. The molecule has 4 nitrogen and oxygen atoms in total. The van der Waals surface area contributed by atoms with E-state index in [1.54, 1.807) is 0 Å². The number of hydrogen-bond donors (Lipinski definition) is 1. The van der Waals surface area contributed by atoms with Crippen molar-refractivity contribution in [3.63, 3.8) is 0 Å². The van der Waals surface area contributed by atoms with Crippen LogP contribution in [-0.4, -0.2) is 27.8 Å². The highest BCUT2D eigenvalue weighted by Crippen LogP contribution is 2.29. The van der Waals surface area contributed by atoms with Gasteiger partial charge in [-0.05, 0) is 39.7 Å². The SMILES string of the molecule is CCCNCc1cn(CC2CCC(C)(C)O2)cn1. The van der Waals surface area contributed by atoms with Gasteiger partial charge in [-0.15, -0.1) is 0 Å². The molecule has 0 aliphatic carbocycles. The Hall–Kier alpha value is -0.870. The zero-order valence-electron chi connectivity index (χ0n) is 11.8. The number of ether oxygens (including phenoxy) is 1. The van der Waals surface area contributed by atoms with Crippen LogP contribution in [0.4, 0.5) is 0 Å². The molecule has 0 amide bonds. The fourth-order valence-electron chi connectivity index (χ4n) is 2.43. The maximum absolute atomic E-state index is 6.00. The minimum Gasteiger partial charge on any atom is -0.370 e. The van der Waals surface area contributed by atoms with Crippen molar-refractivity contribution in [1.29, 1.82) is 0 Å². The van der Waals surface area contributed by atoms with Crippen molar-refractivity contribution < 1.29 is 4.74 Å². The Labute approximate surface area is 110 Å². The summed E-state index contributed by atoms with van der Waals surface area (Å²) >= 11 is 0. The Morgan fingerprint density at radius 3 is 3.06 bits per heavy atom. The van der Waals surface area contributed by atoms with Crippen LogP contribution in [0.1, 0.15) is 45.7 Å². The van der Waals surface area contributed by atoms with E-state index in [9.17, 15) is 0 Å². The minimum atomic E-state index is 0.0523. The van der Waals surface area contributed by atoms with Crippen LogP contribution in [0, 0.1) is 0 Å². The van der Waals surface area contributed by atoms with E-state index in [4.69, 9.17) is 4.74 Å².